The molecule has 2 aliphatic heterocycles. The molecule has 1 fully saturated rings. The molecule has 2 rings (SSSR count). The highest BCUT2D eigenvalue weighted by molar-refractivity contribution is 8.11. The van der Waals surface area contributed by atoms with Crippen LogP contribution in [0.5, 0.6) is 0 Å². The summed E-state index contributed by atoms with van der Waals surface area (Å²) in [4.78, 5) is 0. The molecule has 2 aliphatic rings. The van der Waals surface area contributed by atoms with Crippen molar-refractivity contribution in [1.82, 2.24) is 25.6 Å². The Morgan fingerprint density at radius 3 is 2.16 bits per heavy atom. The predicted octanol–water partition coefficient (Wildman–Crippen LogP) is 0.889. The largest absolute Gasteiger partial charge is 0.314 e. The van der Waals surface area contributed by atoms with Crippen LogP contribution in [0, 0.1) is 0 Å². The van der Waals surface area contributed by atoms with E-state index in [9.17, 15) is 0 Å². The van der Waals surface area contributed by atoms with Gasteiger partial charge in [-0.25, -0.2) is 0 Å². The maximum Gasteiger partial charge on any atom is 0.176 e. The molecule has 0 aromatic heterocycles. The molecule has 1 N–H and O–H groups in total. The standard InChI is InChI=1S/C10H17N5S4/c16-9(17)14(12-5-1-2-6-12)15(10(18)19)13-7-3-11-4-8-13/h1,5,11H,2-4,6-8H2,(H,16,17)(H,18,19). The van der Waals surface area contributed by atoms with Crippen LogP contribution in [-0.2, 0) is 0 Å². The molecular weight excluding hydrogens is 318 g/mol. The van der Waals surface area contributed by atoms with Crippen molar-refractivity contribution in [3.8, 4) is 0 Å². The van der Waals surface area contributed by atoms with E-state index >= 15 is 0 Å². The monoisotopic (exact) mass is 335 g/mol. The Kier molecular flexibility index (Phi) is 5.72. The quantitative estimate of drug-likeness (QED) is 0.392. The lowest BCUT2D eigenvalue weighted by Gasteiger charge is -2.47. The van der Waals surface area contributed by atoms with Gasteiger partial charge < -0.3 is 5.32 Å². The highest BCUT2D eigenvalue weighted by Crippen LogP contribution is 2.18. The van der Waals surface area contributed by atoms with Gasteiger partial charge in [-0.3, -0.25) is 5.01 Å². The summed E-state index contributed by atoms with van der Waals surface area (Å²) in [6.07, 6.45) is 5.07. The highest BCUT2D eigenvalue weighted by Gasteiger charge is 2.30. The van der Waals surface area contributed by atoms with E-state index in [1.54, 1.807) is 5.12 Å². The van der Waals surface area contributed by atoms with Crippen LogP contribution in [0.4, 0.5) is 0 Å². The van der Waals surface area contributed by atoms with Crippen LogP contribution in [0.25, 0.3) is 0 Å². The van der Waals surface area contributed by atoms with Crippen molar-refractivity contribution >= 4 is 58.3 Å². The van der Waals surface area contributed by atoms with Crippen molar-refractivity contribution in [3.63, 3.8) is 0 Å². The second-order valence-corrected chi connectivity index (χ2v) is 6.41. The van der Waals surface area contributed by atoms with E-state index in [1.165, 1.54) is 0 Å². The SMILES string of the molecule is S=C(S)N(N1C=CCC1)N(C(=S)S)N1CCNCC1. The summed E-state index contributed by atoms with van der Waals surface area (Å²) in [6, 6.07) is 0. The minimum atomic E-state index is 0.446. The molecule has 0 aromatic rings. The Morgan fingerprint density at radius 2 is 1.68 bits per heavy atom. The van der Waals surface area contributed by atoms with Crippen molar-refractivity contribution < 1.29 is 0 Å². The van der Waals surface area contributed by atoms with E-state index in [0.717, 1.165) is 39.1 Å². The number of nitrogens with one attached hydrogen (secondary N) is 1. The van der Waals surface area contributed by atoms with Gasteiger partial charge in [0.15, 0.2) is 8.64 Å². The predicted molar refractivity (Wildman–Crippen MR) is 91.8 cm³/mol. The number of hydrazine groups is 3. The smallest absolute Gasteiger partial charge is 0.176 e. The minimum absolute atomic E-state index is 0.446. The maximum absolute atomic E-state index is 5.27. The summed E-state index contributed by atoms with van der Waals surface area (Å²) >= 11 is 19.2. The van der Waals surface area contributed by atoms with E-state index in [-0.39, 0.29) is 0 Å². The molecule has 0 aromatic carbocycles. The van der Waals surface area contributed by atoms with Gasteiger partial charge in [-0.05, 0) is 30.9 Å². The van der Waals surface area contributed by atoms with Gasteiger partial charge in [-0.1, -0.05) is 6.08 Å². The Balaban J connectivity index is 2.20. The van der Waals surface area contributed by atoms with Gasteiger partial charge in [-0.2, -0.15) is 15.2 Å². The number of piperazine rings is 1. The number of nitrogens with zero attached hydrogens (tertiary/aromatic N) is 4. The molecule has 5 nitrogen and oxygen atoms in total. The first-order valence-corrected chi connectivity index (χ1v) is 7.77. The number of hydrogen-bond donors (Lipinski definition) is 3. The van der Waals surface area contributed by atoms with Gasteiger partial charge in [0.25, 0.3) is 0 Å². The zero-order valence-corrected chi connectivity index (χ0v) is 13.8. The fourth-order valence-electron chi connectivity index (χ4n) is 2.10. The zero-order chi connectivity index (χ0) is 13.8. The average molecular weight is 336 g/mol. The Labute approximate surface area is 135 Å². The minimum Gasteiger partial charge on any atom is -0.314 e. The van der Waals surface area contributed by atoms with E-state index in [4.69, 9.17) is 24.4 Å². The van der Waals surface area contributed by atoms with Crippen LogP contribution in [0.3, 0.4) is 0 Å². The van der Waals surface area contributed by atoms with Crippen molar-refractivity contribution in [1.29, 1.82) is 0 Å². The van der Waals surface area contributed by atoms with Crippen LogP contribution in [0.2, 0.25) is 0 Å². The fourth-order valence-corrected chi connectivity index (χ4v) is 2.89. The summed E-state index contributed by atoms with van der Waals surface area (Å²) in [6.45, 7) is 4.39. The molecule has 0 amide bonds. The summed E-state index contributed by atoms with van der Waals surface area (Å²) in [5.74, 6) is 0. The third kappa shape index (κ3) is 3.73. The lowest BCUT2D eigenvalue weighted by Crippen LogP contribution is -2.63. The van der Waals surface area contributed by atoms with Crippen molar-refractivity contribution in [2.45, 2.75) is 6.42 Å². The number of thiol groups is 2. The average Bonchev–Trinajstić information content (AvgIpc) is 2.89. The van der Waals surface area contributed by atoms with E-state index in [0.29, 0.717) is 8.64 Å². The fraction of sp³-hybridized carbons (Fsp3) is 0.600. The molecule has 9 heteroatoms. The van der Waals surface area contributed by atoms with Crippen molar-refractivity contribution in [2.24, 2.45) is 0 Å². The van der Waals surface area contributed by atoms with Crippen LogP contribution < -0.4 is 5.32 Å². The number of hydrogen-bond acceptors (Lipinski definition) is 5. The third-order valence-corrected chi connectivity index (χ3v) is 3.61. The van der Waals surface area contributed by atoms with Crippen molar-refractivity contribution in [3.05, 3.63) is 12.3 Å². The Morgan fingerprint density at radius 1 is 1.05 bits per heavy atom. The molecule has 2 heterocycles. The molecule has 0 aliphatic carbocycles. The molecule has 0 radical (unpaired) electrons. The highest BCUT2D eigenvalue weighted by atomic mass is 32.1. The number of thiocarbonyl (C=S) groups is 2. The van der Waals surface area contributed by atoms with E-state index in [2.05, 4.69) is 41.7 Å². The number of rotatable bonds is 2. The molecule has 0 saturated carbocycles. The maximum atomic E-state index is 5.27. The second kappa shape index (κ2) is 7.09. The Bertz CT molecular complexity index is 382. The summed E-state index contributed by atoms with van der Waals surface area (Å²) in [5.41, 5.74) is 0. The first kappa shape index (κ1) is 15.3. The normalized spacial score (nSPS) is 19.6. The summed E-state index contributed by atoms with van der Waals surface area (Å²) in [5, 5.41) is 11.1. The zero-order valence-electron chi connectivity index (χ0n) is 10.4. The van der Waals surface area contributed by atoms with E-state index in [1.807, 2.05) is 16.3 Å². The first-order chi connectivity index (χ1) is 9.11. The van der Waals surface area contributed by atoms with Gasteiger partial charge >= 0.3 is 0 Å². The Hall–Kier alpha value is -0.0600. The van der Waals surface area contributed by atoms with Gasteiger partial charge in [0.1, 0.15) is 0 Å². The van der Waals surface area contributed by atoms with Crippen LogP contribution in [-0.4, -0.2) is 61.6 Å². The molecule has 0 bridgehead atoms. The van der Waals surface area contributed by atoms with Gasteiger partial charge in [0, 0.05) is 38.9 Å². The van der Waals surface area contributed by atoms with Gasteiger partial charge in [-0.15, -0.1) is 25.3 Å². The summed E-state index contributed by atoms with van der Waals surface area (Å²) < 4.78 is 0.903. The molecule has 0 spiro atoms. The third-order valence-electron chi connectivity index (χ3n) is 2.93. The second-order valence-electron chi connectivity index (χ2n) is 4.18. The molecule has 0 unspecified atom stereocenters. The molecule has 0 atom stereocenters. The lowest BCUT2D eigenvalue weighted by molar-refractivity contribution is -0.161. The molecule has 19 heavy (non-hydrogen) atoms. The topological polar surface area (TPSA) is 25.0 Å². The van der Waals surface area contributed by atoms with Crippen LogP contribution in [0.1, 0.15) is 6.42 Å². The molecular formula is C10H17N5S4. The van der Waals surface area contributed by atoms with Crippen molar-refractivity contribution in [2.75, 3.05) is 32.7 Å². The van der Waals surface area contributed by atoms with Gasteiger partial charge in [0.05, 0.1) is 0 Å². The van der Waals surface area contributed by atoms with E-state index < -0.39 is 0 Å². The molecule has 1 saturated heterocycles. The summed E-state index contributed by atoms with van der Waals surface area (Å²) in [7, 11) is 0. The first-order valence-electron chi connectivity index (χ1n) is 6.06. The van der Waals surface area contributed by atoms with Gasteiger partial charge in [0.2, 0.25) is 0 Å². The van der Waals surface area contributed by atoms with Crippen LogP contribution in [0.15, 0.2) is 12.3 Å². The van der Waals surface area contributed by atoms with Crippen LogP contribution >= 0.6 is 49.7 Å². The lowest BCUT2D eigenvalue weighted by atomic mass is 10.4. The molecule has 106 valence electrons.